The van der Waals surface area contributed by atoms with Gasteiger partial charge in [0, 0.05) is 24.4 Å². The van der Waals surface area contributed by atoms with E-state index >= 15 is 0 Å². The Bertz CT molecular complexity index is 642. The summed E-state index contributed by atoms with van der Waals surface area (Å²) in [6.45, 7) is 0.133. The highest BCUT2D eigenvalue weighted by atomic mass is 19.1. The molecule has 0 aliphatic rings. The van der Waals surface area contributed by atoms with E-state index < -0.39 is 22.2 Å². The van der Waals surface area contributed by atoms with Crippen LogP contribution in [-0.4, -0.2) is 10.0 Å². The Labute approximate surface area is 112 Å². The van der Waals surface area contributed by atoms with Gasteiger partial charge in [-0.2, -0.15) is 4.39 Å². The first-order valence-corrected chi connectivity index (χ1v) is 5.62. The van der Waals surface area contributed by atoms with E-state index in [9.17, 15) is 24.0 Å². The van der Waals surface area contributed by atoms with E-state index in [2.05, 4.69) is 5.32 Å². The fourth-order valence-electron chi connectivity index (χ4n) is 1.70. The molecule has 0 aliphatic heterocycles. The molecule has 0 saturated carbocycles. The van der Waals surface area contributed by atoms with Gasteiger partial charge < -0.3 is 10.4 Å². The molecule has 0 fully saturated rings. The van der Waals surface area contributed by atoms with Crippen molar-refractivity contribution in [1.29, 1.82) is 0 Å². The number of nitrogens with one attached hydrogen (secondary N) is 1. The molecule has 0 atom stereocenters. The van der Waals surface area contributed by atoms with Crippen LogP contribution in [0.1, 0.15) is 5.56 Å². The van der Waals surface area contributed by atoms with Crippen LogP contribution in [0.5, 0.6) is 5.75 Å². The van der Waals surface area contributed by atoms with Crippen LogP contribution in [0.25, 0.3) is 0 Å². The highest BCUT2D eigenvalue weighted by Crippen LogP contribution is 2.22. The van der Waals surface area contributed by atoms with E-state index in [0.717, 1.165) is 18.2 Å². The second-order valence-corrected chi connectivity index (χ2v) is 4.09. The minimum atomic E-state index is -0.927. The molecule has 0 aromatic heterocycles. The zero-order valence-electron chi connectivity index (χ0n) is 10.1. The quantitative estimate of drug-likeness (QED) is 0.666. The third-order valence-electron chi connectivity index (χ3n) is 2.58. The molecule has 0 aliphatic carbocycles. The van der Waals surface area contributed by atoms with Gasteiger partial charge in [-0.15, -0.1) is 0 Å². The summed E-state index contributed by atoms with van der Waals surface area (Å²) in [6, 6.07) is 6.89. The third-order valence-corrected chi connectivity index (χ3v) is 2.58. The first-order valence-electron chi connectivity index (χ1n) is 5.62. The molecule has 0 saturated heterocycles. The van der Waals surface area contributed by atoms with Gasteiger partial charge in [0.25, 0.3) is 0 Å². The van der Waals surface area contributed by atoms with Crippen molar-refractivity contribution < 1.29 is 18.8 Å². The van der Waals surface area contributed by atoms with Crippen molar-refractivity contribution in [1.82, 2.24) is 0 Å². The topological polar surface area (TPSA) is 75.4 Å². The molecule has 20 heavy (non-hydrogen) atoms. The predicted molar refractivity (Wildman–Crippen MR) is 68.4 cm³/mol. The monoisotopic (exact) mass is 280 g/mol. The van der Waals surface area contributed by atoms with Crippen molar-refractivity contribution in [3.05, 3.63) is 63.7 Å². The molecule has 7 heteroatoms. The largest absolute Gasteiger partial charge is 0.508 e. The number of halogens is 2. The van der Waals surface area contributed by atoms with E-state index in [4.69, 9.17) is 0 Å². The van der Waals surface area contributed by atoms with E-state index in [1.807, 2.05) is 0 Å². The number of phenolic OH excluding ortho intramolecular Hbond substituents is 1. The first kappa shape index (κ1) is 13.7. The molecule has 104 valence electrons. The van der Waals surface area contributed by atoms with Crippen LogP contribution in [0, 0.1) is 21.7 Å². The van der Waals surface area contributed by atoms with Gasteiger partial charge in [-0.05, 0) is 29.8 Å². The molecule has 2 rings (SSSR count). The number of nitrogens with zero attached hydrogens (tertiary/aromatic N) is 1. The molecule has 5 nitrogen and oxygen atoms in total. The summed E-state index contributed by atoms with van der Waals surface area (Å²) in [7, 11) is 0. The van der Waals surface area contributed by atoms with Crippen molar-refractivity contribution in [3.63, 3.8) is 0 Å². The zero-order valence-corrected chi connectivity index (χ0v) is 10.1. The van der Waals surface area contributed by atoms with Gasteiger partial charge in [0.2, 0.25) is 5.82 Å². The van der Waals surface area contributed by atoms with Crippen LogP contribution in [0.2, 0.25) is 0 Å². The number of rotatable bonds is 4. The van der Waals surface area contributed by atoms with Crippen LogP contribution < -0.4 is 5.32 Å². The Kier molecular flexibility index (Phi) is 3.79. The summed E-state index contributed by atoms with van der Waals surface area (Å²) in [6.07, 6.45) is 0. The number of nitro benzene ring substituents is 1. The average Bonchev–Trinajstić information content (AvgIpc) is 2.36. The van der Waals surface area contributed by atoms with E-state index in [0.29, 0.717) is 11.3 Å². The lowest BCUT2D eigenvalue weighted by atomic mass is 10.2. The van der Waals surface area contributed by atoms with Crippen molar-refractivity contribution in [3.8, 4) is 5.75 Å². The summed E-state index contributed by atoms with van der Waals surface area (Å²) < 4.78 is 26.2. The fourth-order valence-corrected chi connectivity index (χ4v) is 1.70. The van der Waals surface area contributed by atoms with Gasteiger partial charge in [-0.3, -0.25) is 10.1 Å². The number of hydrogen-bond donors (Lipinski definition) is 2. The van der Waals surface area contributed by atoms with Crippen LogP contribution in [-0.2, 0) is 6.54 Å². The molecular weight excluding hydrogens is 270 g/mol. The average molecular weight is 280 g/mol. The van der Waals surface area contributed by atoms with Gasteiger partial charge in [-0.1, -0.05) is 0 Å². The van der Waals surface area contributed by atoms with Crippen molar-refractivity contribution in [2.24, 2.45) is 0 Å². The summed E-state index contributed by atoms with van der Waals surface area (Å²) in [5.41, 5.74) is 0.133. The number of nitro groups is 1. The lowest BCUT2D eigenvalue weighted by Gasteiger charge is -2.07. The molecule has 0 unspecified atom stereocenters. The summed E-state index contributed by atoms with van der Waals surface area (Å²) in [5.74, 6) is -1.73. The predicted octanol–water partition coefficient (Wildman–Crippen LogP) is 3.19. The van der Waals surface area contributed by atoms with Crippen LogP contribution >= 0.6 is 0 Å². The minimum Gasteiger partial charge on any atom is -0.508 e. The van der Waals surface area contributed by atoms with Crippen LogP contribution in [0.4, 0.5) is 20.2 Å². The van der Waals surface area contributed by atoms with Gasteiger partial charge in [0.05, 0.1) is 4.92 Å². The smallest absolute Gasteiger partial charge is 0.306 e. The lowest BCUT2D eigenvalue weighted by Crippen LogP contribution is -2.01. The SMILES string of the molecule is O=[N+]([O-])c1cc(NCc2cc(O)cc(F)c2)ccc1F. The zero-order chi connectivity index (χ0) is 14.7. The molecule has 0 radical (unpaired) electrons. The maximum Gasteiger partial charge on any atom is 0.306 e. The number of anilines is 1. The maximum atomic E-state index is 13.1. The van der Waals surface area contributed by atoms with Crippen molar-refractivity contribution in [2.75, 3.05) is 5.32 Å². The standard InChI is InChI=1S/C13H10F2N2O3/c14-9-3-8(4-11(18)5-9)7-16-10-1-2-12(15)13(6-10)17(19)20/h1-6,16,18H,7H2. The van der Waals surface area contributed by atoms with Gasteiger partial charge in [-0.25, -0.2) is 4.39 Å². The molecule has 0 bridgehead atoms. The molecule has 2 aromatic rings. The van der Waals surface area contributed by atoms with Gasteiger partial charge >= 0.3 is 5.69 Å². The van der Waals surface area contributed by atoms with Crippen molar-refractivity contribution >= 4 is 11.4 Å². The molecule has 2 aromatic carbocycles. The van der Waals surface area contributed by atoms with E-state index in [-0.39, 0.29) is 12.3 Å². The van der Waals surface area contributed by atoms with Crippen LogP contribution in [0.15, 0.2) is 36.4 Å². The summed E-state index contributed by atoms with van der Waals surface area (Å²) >= 11 is 0. The van der Waals surface area contributed by atoms with E-state index in [1.54, 1.807) is 0 Å². The first-order chi connectivity index (χ1) is 9.45. The minimum absolute atomic E-state index is 0.133. The maximum absolute atomic E-state index is 13.1. The van der Waals surface area contributed by atoms with Crippen LogP contribution in [0.3, 0.4) is 0 Å². The highest BCUT2D eigenvalue weighted by Gasteiger charge is 2.14. The summed E-state index contributed by atoms with van der Waals surface area (Å²) in [5, 5.41) is 22.6. The fraction of sp³-hybridized carbons (Fsp3) is 0.0769. The molecule has 0 amide bonds. The third kappa shape index (κ3) is 3.19. The lowest BCUT2D eigenvalue weighted by molar-refractivity contribution is -0.387. The Balaban J connectivity index is 2.14. The molecule has 2 N–H and O–H groups in total. The number of aromatic hydroxyl groups is 1. The summed E-state index contributed by atoms with van der Waals surface area (Å²) in [4.78, 5) is 9.77. The normalized spacial score (nSPS) is 10.3. The van der Waals surface area contributed by atoms with E-state index in [1.165, 1.54) is 18.2 Å². The van der Waals surface area contributed by atoms with Crippen molar-refractivity contribution in [2.45, 2.75) is 6.54 Å². The molecule has 0 heterocycles. The highest BCUT2D eigenvalue weighted by molar-refractivity contribution is 5.52. The second-order valence-electron chi connectivity index (χ2n) is 4.09. The Hall–Kier alpha value is -2.70. The molecule has 0 spiro atoms. The van der Waals surface area contributed by atoms with Gasteiger partial charge in [0.15, 0.2) is 0 Å². The number of hydrogen-bond acceptors (Lipinski definition) is 4. The van der Waals surface area contributed by atoms with Gasteiger partial charge in [0.1, 0.15) is 11.6 Å². The number of benzene rings is 2. The second kappa shape index (κ2) is 5.52. The Morgan fingerprint density at radius 1 is 1.20 bits per heavy atom. The Morgan fingerprint density at radius 3 is 2.60 bits per heavy atom. The molecular formula is C13H10F2N2O3. The Morgan fingerprint density at radius 2 is 1.95 bits per heavy atom. The number of phenols is 1.